The third-order valence-corrected chi connectivity index (χ3v) is 6.28. The van der Waals surface area contributed by atoms with Gasteiger partial charge in [0.1, 0.15) is 5.75 Å². The first-order chi connectivity index (χ1) is 13.8. The van der Waals surface area contributed by atoms with Crippen LogP contribution >= 0.6 is 0 Å². The van der Waals surface area contributed by atoms with Crippen molar-refractivity contribution in [3.63, 3.8) is 0 Å². The SMILES string of the molecule is Oc1cc2c(c3ccccc13)-c1ccccc1CCCCCCCCCCC2. The molecule has 0 aromatic heterocycles. The van der Waals surface area contributed by atoms with Gasteiger partial charge in [0.25, 0.3) is 0 Å². The highest BCUT2D eigenvalue weighted by molar-refractivity contribution is 6.02. The van der Waals surface area contributed by atoms with Gasteiger partial charge in [-0.2, -0.15) is 0 Å². The van der Waals surface area contributed by atoms with E-state index in [1.807, 2.05) is 18.2 Å². The summed E-state index contributed by atoms with van der Waals surface area (Å²) in [4.78, 5) is 0. The van der Waals surface area contributed by atoms with E-state index in [4.69, 9.17) is 0 Å². The van der Waals surface area contributed by atoms with Crippen molar-refractivity contribution in [3.8, 4) is 16.9 Å². The molecule has 0 atom stereocenters. The molecule has 1 N–H and O–H groups in total. The van der Waals surface area contributed by atoms with Crippen molar-refractivity contribution in [1.82, 2.24) is 0 Å². The molecule has 0 aliphatic heterocycles. The molecule has 1 nitrogen and oxygen atoms in total. The molecule has 0 saturated heterocycles. The second-order valence-electron chi connectivity index (χ2n) is 8.31. The summed E-state index contributed by atoms with van der Waals surface area (Å²) in [6.45, 7) is 0. The number of rotatable bonds is 0. The number of hydrogen-bond acceptors (Lipinski definition) is 1. The second kappa shape index (κ2) is 9.28. The normalized spacial score (nSPS) is 16.6. The average Bonchev–Trinajstić information content (AvgIpc) is 2.73. The summed E-state index contributed by atoms with van der Waals surface area (Å²) in [5.41, 5.74) is 5.47. The van der Waals surface area contributed by atoms with Crippen molar-refractivity contribution in [2.24, 2.45) is 0 Å². The molecule has 3 aromatic carbocycles. The van der Waals surface area contributed by atoms with Crippen LogP contribution in [0.5, 0.6) is 5.75 Å². The highest BCUT2D eigenvalue weighted by atomic mass is 16.3. The minimum Gasteiger partial charge on any atom is -0.507 e. The monoisotopic (exact) mass is 372 g/mol. The van der Waals surface area contributed by atoms with Crippen LogP contribution in [0.1, 0.15) is 68.9 Å². The molecule has 0 amide bonds. The topological polar surface area (TPSA) is 20.2 Å². The minimum atomic E-state index is 0.421. The molecule has 0 saturated carbocycles. The molecule has 1 heteroatoms. The molecule has 0 spiro atoms. The van der Waals surface area contributed by atoms with Crippen LogP contribution in [0.2, 0.25) is 0 Å². The Kier molecular flexibility index (Phi) is 6.31. The third-order valence-electron chi connectivity index (χ3n) is 6.28. The van der Waals surface area contributed by atoms with Crippen LogP contribution < -0.4 is 0 Å². The summed E-state index contributed by atoms with van der Waals surface area (Å²) >= 11 is 0. The zero-order chi connectivity index (χ0) is 19.2. The Bertz CT molecular complexity index is 925. The second-order valence-corrected chi connectivity index (χ2v) is 8.31. The van der Waals surface area contributed by atoms with Crippen LogP contribution in [0.4, 0.5) is 0 Å². The molecule has 146 valence electrons. The molecule has 28 heavy (non-hydrogen) atoms. The van der Waals surface area contributed by atoms with Crippen molar-refractivity contribution in [1.29, 1.82) is 0 Å². The number of aromatic hydroxyl groups is 1. The molecule has 0 fully saturated rings. The number of hydrogen-bond donors (Lipinski definition) is 1. The minimum absolute atomic E-state index is 0.421. The molecule has 4 rings (SSSR count). The third kappa shape index (κ3) is 4.24. The summed E-state index contributed by atoms with van der Waals surface area (Å²) < 4.78 is 0. The lowest BCUT2D eigenvalue weighted by molar-refractivity contribution is 0.480. The van der Waals surface area contributed by atoms with Gasteiger partial charge in [-0.25, -0.2) is 0 Å². The van der Waals surface area contributed by atoms with Crippen LogP contribution in [-0.4, -0.2) is 5.11 Å². The highest BCUT2D eigenvalue weighted by Gasteiger charge is 2.16. The van der Waals surface area contributed by atoms with Crippen molar-refractivity contribution in [3.05, 3.63) is 65.7 Å². The van der Waals surface area contributed by atoms with Gasteiger partial charge in [-0.15, -0.1) is 0 Å². The van der Waals surface area contributed by atoms with E-state index < -0.39 is 0 Å². The lowest BCUT2D eigenvalue weighted by Gasteiger charge is -2.18. The number of fused-ring (bicyclic) bond motifs is 5. The van der Waals surface area contributed by atoms with Gasteiger partial charge < -0.3 is 5.11 Å². The summed E-state index contributed by atoms with van der Waals surface area (Å²) in [5.74, 6) is 0.421. The van der Waals surface area contributed by atoms with Crippen molar-refractivity contribution >= 4 is 10.8 Å². The fourth-order valence-corrected chi connectivity index (χ4v) is 4.78. The molecule has 0 unspecified atom stereocenters. The molecule has 3 aromatic rings. The number of phenolic OH excluding ortho intramolecular Hbond substituents is 1. The molecule has 0 bridgehead atoms. The predicted molar refractivity (Wildman–Crippen MR) is 120 cm³/mol. The lowest BCUT2D eigenvalue weighted by Crippen LogP contribution is -1.97. The maximum absolute atomic E-state index is 10.7. The first-order valence-corrected chi connectivity index (χ1v) is 11.2. The molecular weight excluding hydrogens is 340 g/mol. The quantitative estimate of drug-likeness (QED) is 0.426. The van der Waals surface area contributed by atoms with Gasteiger partial charge in [0, 0.05) is 5.39 Å². The lowest BCUT2D eigenvalue weighted by atomic mass is 9.87. The van der Waals surface area contributed by atoms with Gasteiger partial charge in [-0.1, -0.05) is 93.5 Å². The number of aryl methyl sites for hydroxylation is 2. The van der Waals surface area contributed by atoms with Crippen molar-refractivity contribution in [2.45, 2.75) is 70.6 Å². The number of benzene rings is 3. The standard InChI is InChI=1S/C27H32O/c28-26-20-22-16-9-7-5-3-1-2-4-6-8-14-21-15-10-11-17-23(21)27(22)25-19-13-12-18-24(25)26/h10-13,15,17-20,28H,1-9,14,16H2. The molecular formula is C27H32O. The Morgan fingerprint density at radius 3 is 1.79 bits per heavy atom. The number of phenols is 1. The molecule has 0 heterocycles. The van der Waals surface area contributed by atoms with E-state index in [1.165, 1.54) is 85.4 Å². The first kappa shape index (κ1) is 19.1. The Morgan fingerprint density at radius 2 is 1.07 bits per heavy atom. The van der Waals surface area contributed by atoms with Gasteiger partial charge >= 0.3 is 0 Å². The largest absolute Gasteiger partial charge is 0.507 e. The van der Waals surface area contributed by atoms with Gasteiger partial charge in [0.05, 0.1) is 0 Å². The Balaban J connectivity index is 1.83. The average molecular weight is 373 g/mol. The van der Waals surface area contributed by atoms with E-state index in [0.29, 0.717) is 5.75 Å². The van der Waals surface area contributed by atoms with Crippen LogP contribution in [0, 0.1) is 0 Å². The van der Waals surface area contributed by atoms with Gasteiger partial charge in [-0.05, 0) is 59.4 Å². The zero-order valence-corrected chi connectivity index (χ0v) is 16.9. The summed E-state index contributed by atoms with van der Waals surface area (Å²) in [7, 11) is 0. The van der Waals surface area contributed by atoms with E-state index in [-0.39, 0.29) is 0 Å². The van der Waals surface area contributed by atoms with E-state index in [0.717, 1.165) is 18.2 Å². The Hall–Kier alpha value is -2.28. The van der Waals surface area contributed by atoms with Crippen LogP contribution in [0.3, 0.4) is 0 Å². The Labute approximate surface area is 169 Å². The molecule has 1 aliphatic rings. The maximum atomic E-state index is 10.7. The van der Waals surface area contributed by atoms with E-state index >= 15 is 0 Å². The van der Waals surface area contributed by atoms with E-state index in [9.17, 15) is 5.11 Å². The Morgan fingerprint density at radius 1 is 0.536 bits per heavy atom. The van der Waals surface area contributed by atoms with Gasteiger partial charge in [0.15, 0.2) is 0 Å². The van der Waals surface area contributed by atoms with Crippen molar-refractivity contribution < 1.29 is 5.11 Å². The molecule has 1 aliphatic carbocycles. The van der Waals surface area contributed by atoms with Crippen LogP contribution in [0.15, 0.2) is 54.6 Å². The van der Waals surface area contributed by atoms with Gasteiger partial charge in [0.2, 0.25) is 0 Å². The predicted octanol–water partition coefficient (Wildman–Crippen LogP) is 7.82. The maximum Gasteiger partial charge on any atom is 0.123 e. The van der Waals surface area contributed by atoms with E-state index in [1.54, 1.807) is 0 Å². The fraction of sp³-hybridized carbons (Fsp3) is 0.407. The van der Waals surface area contributed by atoms with Crippen molar-refractivity contribution in [2.75, 3.05) is 0 Å². The van der Waals surface area contributed by atoms with E-state index in [2.05, 4.69) is 36.4 Å². The van der Waals surface area contributed by atoms with Crippen LogP contribution in [-0.2, 0) is 12.8 Å². The zero-order valence-electron chi connectivity index (χ0n) is 16.9. The smallest absolute Gasteiger partial charge is 0.123 e. The summed E-state index contributed by atoms with van der Waals surface area (Å²) in [6, 6.07) is 19.3. The highest BCUT2D eigenvalue weighted by Crippen LogP contribution is 2.39. The molecule has 0 radical (unpaired) electrons. The first-order valence-electron chi connectivity index (χ1n) is 11.2. The summed E-state index contributed by atoms with van der Waals surface area (Å²) in [5, 5.41) is 12.8. The van der Waals surface area contributed by atoms with Gasteiger partial charge in [-0.3, -0.25) is 0 Å². The fourth-order valence-electron chi connectivity index (χ4n) is 4.78. The summed E-state index contributed by atoms with van der Waals surface area (Å²) in [6.07, 6.45) is 14.1. The van der Waals surface area contributed by atoms with Crippen LogP contribution in [0.25, 0.3) is 21.9 Å².